The number of aromatic nitrogens is 2. The van der Waals surface area contributed by atoms with Gasteiger partial charge >= 0.3 is 6.01 Å². The molecule has 20 heavy (non-hydrogen) atoms. The van der Waals surface area contributed by atoms with E-state index in [0.717, 1.165) is 42.1 Å². The molecule has 1 aromatic heterocycles. The van der Waals surface area contributed by atoms with Crippen LogP contribution in [-0.4, -0.2) is 49.2 Å². The normalized spacial score (nSPS) is 23.5. The molecule has 110 valence electrons. The van der Waals surface area contributed by atoms with Crippen LogP contribution in [0.15, 0.2) is 6.07 Å². The van der Waals surface area contributed by atoms with Gasteiger partial charge in [-0.15, -0.1) is 0 Å². The molecule has 0 saturated carbocycles. The predicted octanol–water partition coefficient (Wildman–Crippen LogP) is 1.82. The van der Waals surface area contributed by atoms with Crippen LogP contribution in [0.1, 0.15) is 19.3 Å². The first-order valence-electron chi connectivity index (χ1n) is 6.85. The minimum Gasteiger partial charge on any atom is -0.467 e. The van der Waals surface area contributed by atoms with E-state index in [1.807, 2.05) is 6.07 Å². The average Bonchev–Trinajstić information content (AvgIpc) is 2.42. The first-order chi connectivity index (χ1) is 9.74. The molecule has 0 bridgehead atoms. The van der Waals surface area contributed by atoms with Crippen molar-refractivity contribution in [2.45, 2.75) is 31.7 Å². The van der Waals surface area contributed by atoms with E-state index >= 15 is 0 Å². The second-order valence-corrected chi connectivity index (χ2v) is 6.10. The summed E-state index contributed by atoms with van der Waals surface area (Å²) in [4.78, 5) is 10.7. The van der Waals surface area contributed by atoms with Crippen LogP contribution in [0.3, 0.4) is 0 Å². The molecule has 0 spiro atoms. The minimum atomic E-state index is -0.0176. The van der Waals surface area contributed by atoms with Crippen LogP contribution < -0.4 is 9.64 Å². The number of hydrogen-bond donors (Lipinski definition) is 0. The second-order valence-electron chi connectivity index (χ2n) is 4.99. The van der Waals surface area contributed by atoms with Gasteiger partial charge in [-0.1, -0.05) is 0 Å². The standard InChI is InChI=1S/C13H18IN3O3/c1-18-13-15-10(14)6-11(16-13)17-7-9(8-17)20-12-4-2-3-5-19-12/h6,9,12H,2-5,7-8H2,1H3. The van der Waals surface area contributed by atoms with Crippen LogP contribution >= 0.6 is 22.6 Å². The minimum absolute atomic E-state index is 0.0176. The van der Waals surface area contributed by atoms with Crippen LogP contribution in [0.2, 0.25) is 0 Å². The Morgan fingerprint density at radius 3 is 2.90 bits per heavy atom. The predicted molar refractivity (Wildman–Crippen MR) is 82.0 cm³/mol. The molecule has 2 fully saturated rings. The maximum absolute atomic E-state index is 5.93. The first kappa shape index (κ1) is 14.3. The summed E-state index contributed by atoms with van der Waals surface area (Å²) in [6, 6.07) is 2.36. The van der Waals surface area contributed by atoms with Gasteiger partial charge in [0.2, 0.25) is 0 Å². The monoisotopic (exact) mass is 391 g/mol. The summed E-state index contributed by atoms with van der Waals surface area (Å²) in [6.07, 6.45) is 3.57. The van der Waals surface area contributed by atoms with Gasteiger partial charge in [0.25, 0.3) is 0 Å². The molecule has 6 nitrogen and oxygen atoms in total. The Kier molecular flexibility index (Phi) is 4.57. The van der Waals surface area contributed by atoms with Crippen molar-refractivity contribution in [1.29, 1.82) is 0 Å². The highest BCUT2D eigenvalue weighted by atomic mass is 127. The fraction of sp³-hybridized carbons (Fsp3) is 0.692. The average molecular weight is 391 g/mol. The molecule has 0 aliphatic carbocycles. The smallest absolute Gasteiger partial charge is 0.319 e. The highest BCUT2D eigenvalue weighted by Gasteiger charge is 2.32. The Morgan fingerprint density at radius 1 is 1.35 bits per heavy atom. The highest BCUT2D eigenvalue weighted by Crippen LogP contribution is 2.25. The summed E-state index contributed by atoms with van der Waals surface area (Å²) in [7, 11) is 1.58. The van der Waals surface area contributed by atoms with Crippen molar-refractivity contribution >= 4 is 28.4 Å². The van der Waals surface area contributed by atoms with Gasteiger partial charge in [-0.25, -0.2) is 0 Å². The molecule has 1 unspecified atom stereocenters. The largest absolute Gasteiger partial charge is 0.467 e. The maximum Gasteiger partial charge on any atom is 0.319 e. The SMILES string of the molecule is COc1nc(I)cc(N2CC(OC3CCCCO3)C2)n1. The maximum atomic E-state index is 5.93. The topological polar surface area (TPSA) is 56.7 Å². The molecule has 7 heteroatoms. The lowest BCUT2D eigenvalue weighted by Crippen LogP contribution is -2.54. The third kappa shape index (κ3) is 3.32. The first-order valence-corrected chi connectivity index (χ1v) is 7.93. The van der Waals surface area contributed by atoms with Gasteiger partial charge in [0, 0.05) is 25.8 Å². The van der Waals surface area contributed by atoms with E-state index < -0.39 is 0 Å². The number of ether oxygens (including phenoxy) is 3. The number of nitrogens with zero attached hydrogens (tertiary/aromatic N) is 3. The molecule has 2 saturated heterocycles. The third-order valence-corrected chi connectivity index (χ3v) is 4.05. The van der Waals surface area contributed by atoms with Gasteiger partial charge in [-0.3, -0.25) is 0 Å². The van der Waals surface area contributed by atoms with Crippen LogP contribution in [-0.2, 0) is 9.47 Å². The molecule has 3 rings (SSSR count). The molecule has 1 aromatic rings. The molecule has 1 atom stereocenters. The van der Waals surface area contributed by atoms with Crippen LogP contribution in [0.25, 0.3) is 0 Å². The van der Waals surface area contributed by atoms with E-state index in [1.165, 1.54) is 6.42 Å². The van der Waals surface area contributed by atoms with Crippen molar-refractivity contribution in [1.82, 2.24) is 9.97 Å². The molecule has 0 amide bonds. The summed E-state index contributed by atoms with van der Waals surface area (Å²) in [6.45, 7) is 2.51. The van der Waals surface area contributed by atoms with Gasteiger partial charge < -0.3 is 19.1 Å². The molecule has 2 aliphatic rings. The van der Waals surface area contributed by atoms with Crippen molar-refractivity contribution in [3.63, 3.8) is 0 Å². The Labute approximate surface area is 132 Å². The molecular formula is C13H18IN3O3. The van der Waals surface area contributed by atoms with E-state index in [1.54, 1.807) is 7.11 Å². The zero-order valence-corrected chi connectivity index (χ0v) is 13.6. The summed E-state index contributed by atoms with van der Waals surface area (Å²) < 4.78 is 17.5. The number of anilines is 1. The number of methoxy groups -OCH3 is 1. The lowest BCUT2D eigenvalue weighted by Gasteiger charge is -2.41. The van der Waals surface area contributed by atoms with Gasteiger partial charge in [-0.2, -0.15) is 9.97 Å². The van der Waals surface area contributed by atoms with Gasteiger partial charge in [0.05, 0.1) is 13.2 Å². The van der Waals surface area contributed by atoms with E-state index in [0.29, 0.717) is 6.01 Å². The van der Waals surface area contributed by atoms with Gasteiger partial charge in [-0.05, 0) is 41.9 Å². The Morgan fingerprint density at radius 2 is 2.20 bits per heavy atom. The van der Waals surface area contributed by atoms with E-state index in [9.17, 15) is 0 Å². The van der Waals surface area contributed by atoms with Crippen molar-refractivity contribution < 1.29 is 14.2 Å². The summed E-state index contributed by atoms with van der Waals surface area (Å²) in [5.41, 5.74) is 0. The van der Waals surface area contributed by atoms with E-state index in [4.69, 9.17) is 14.2 Å². The number of hydrogen-bond acceptors (Lipinski definition) is 6. The van der Waals surface area contributed by atoms with Crippen molar-refractivity contribution in [2.24, 2.45) is 0 Å². The Hall–Kier alpha value is -0.670. The Bertz CT molecular complexity index is 462. The zero-order chi connectivity index (χ0) is 13.9. The van der Waals surface area contributed by atoms with Gasteiger partial charge in [0.1, 0.15) is 9.52 Å². The van der Waals surface area contributed by atoms with Crippen molar-refractivity contribution in [2.75, 3.05) is 31.7 Å². The zero-order valence-electron chi connectivity index (χ0n) is 11.4. The summed E-state index contributed by atoms with van der Waals surface area (Å²) in [5, 5.41) is 0. The lowest BCUT2D eigenvalue weighted by atomic mass is 10.1. The fourth-order valence-corrected chi connectivity index (χ4v) is 2.87. The van der Waals surface area contributed by atoms with Gasteiger partial charge in [0.15, 0.2) is 6.29 Å². The van der Waals surface area contributed by atoms with Crippen molar-refractivity contribution in [3.8, 4) is 6.01 Å². The van der Waals surface area contributed by atoms with Crippen molar-refractivity contribution in [3.05, 3.63) is 9.77 Å². The summed E-state index contributed by atoms with van der Waals surface area (Å²) in [5.74, 6) is 0.894. The van der Waals surface area contributed by atoms with E-state index in [-0.39, 0.29) is 12.4 Å². The molecule has 0 radical (unpaired) electrons. The van der Waals surface area contributed by atoms with Crippen LogP contribution in [0.5, 0.6) is 6.01 Å². The van der Waals surface area contributed by atoms with Crippen LogP contribution in [0.4, 0.5) is 5.82 Å². The molecular weight excluding hydrogens is 373 g/mol. The third-order valence-electron chi connectivity index (χ3n) is 3.50. The quantitative estimate of drug-likeness (QED) is 0.577. The number of rotatable bonds is 4. The lowest BCUT2D eigenvalue weighted by molar-refractivity contribution is -0.191. The second kappa shape index (κ2) is 6.40. The number of halogens is 1. The van der Waals surface area contributed by atoms with Crippen LogP contribution in [0, 0.1) is 3.70 Å². The fourth-order valence-electron chi connectivity index (χ4n) is 2.38. The molecule has 2 aliphatic heterocycles. The summed E-state index contributed by atoms with van der Waals surface area (Å²) >= 11 is 2.17. The Balaban J connectivity index is 1.53. The highest BCUT2D eigenvalue weighted by molar-refractivity contribution is 14.1. The molecule has 0 aromatic carbocycles. The molecule has 0 N–H and O–H groups in total. The van der Waals surface area contributed by atoms with E-state index in [2.05, 4.69) is 37.5 Å². The molecule has 3 heterocycles.